The topological polar surface area (TPSA) is 119 Å². The van der Waals surface area contributed by atoms with Crippen LogP contribution in [0.1, 0.15) is 5.56 Å². The number of nitrogens with zero attached hydrogens (tertiary/aromatic N) is 1. The number of primary amides is 1. The zero-order valence-corrected chi connectivity index (χ0v) is 16.3. The number of carbonyl (C=O) groups excluding carboxylic acids is 4. The smallest absolute Gasteiger partial charge is 0.294 e. The molecule has 1 aliphatic rings. The molecule has 1 aliphatic heterocycles. The first-order valence-electron chi connectivity index (χ1n) is 8.64. The fraction of sp³-hybridized carbons (Fsp3) is 0.100. The number of thioether (sulfide) groups is 1. The van der Waals surface area contributed by atoms with E-state index in [1.54, 1.807) is 30.3 Å². The Balaban J connectivity index is 1.64. The van der Waals surface area contributed by atoms with E-state index in [4.69, 9.17) is 10.5 Å². The summed E-state index contributed by atoms with van der Waals surface area (Å²) in [6.07, 6.45) is 1.50. The van der Waals surface area contributed by atoms with Crippen LogP contribution in [0.4, 0.5) is 14.9 Å². The largest absolute Gasteiger partial charge is 0.484 e. The number of imide groups is 1. The summed E-state index contributed by atoms with van der Waals surface area (Å²) >= 11 is 0.698. The van der Waals surface area contributed by atoms with Crippen molar-refractivity contribution in [1.29, 1.82) is 0 Å². The van der Waals surface area contributed by atoms with Gasteiger partial charge in [0.1, 0.15) is 18.1 Å². The molecule has 8 nitrogen and oxygen atoms in total. The van der Waals surface area contributed by atoms with E-state index in [0.717, 1.165) is 4.90 Å². The summed E-state index contributed by atoms with van der Waals surface area (Å²) < 4.78 is 18.8. The van der Waals surface area contributed by atoms with Crippen LogP contribution in [-0.2, 0) is 14.4 Å². The Bertz CT molecular complexity index is 1040. The van der Waals surface area contributed by atoms with Crippen LogP contribution in [0.3, 0.4) is 0 Å². The molecule has 0 radical (unpaired) electrons. The minimum atomic E-state index is -0.695. The molecule has 0 saturated carbocycles. The van der Waals surface area contributed by atoms with Crippen molar-refractivity contribution in [3.05, 3.63) is 64.8 Å². The van der Waals surface area contributed by atoms with Crippen LogP contribution in [-0.4, -0.2) is 41.0 Å². The van der Waals surface area contributed by atoms with Crippen LogP contribution >= 0.6 is 11.8 Å². The van der Waals surface area contributed by atoms with Crippen LogP contribution in [0, 0.1) is 5.82 Å². The van der Waals surface area contributed by atoms with Crippen molar-refractivity contribution in [2.24, 2.45) is 5.73 Å². The second-order valence-corrected chi connectivity index (χ2v) is 7.11. The highest BCUT2D eigenvalue weighted by atomic mass is 32.2. The molecule has 0 atom stereocenters. The molecule has 1 saturated heterocycles. The van der Waals surface area contributed by atoms with E-state index in [2.05, 4.69) is 5.32 Å². The van der Waals surface area contributed by atoms with Gasteiger partial charge in [-0.15, -0.1) is 0 Å². The molecule has 0 bridgehead atoms. The number of halogens is 1. The molecule has 1 fully saturated rings. The van der Waals surface area contributed by atoms with Gasteiger partial charge in [-0.25, -0.2) is 4.39 Å². The Kier molecular flexibility index (Phi) is 6.48. The van der Waals surface area contributed by atoms with E-state index in [0.29, 0.717) is 23.1 Å². The molecular formula is C20H16FN3O5S. The highest BCUT2D eigenvalue weighted by molar-refractivity contribution is 8.18. The number of benzene rings is 2. The number of para-hydroxylation sites is 1. The van der Waals surface area contributed by atoms with E-state index < -0.39 is 35.3 Å². The molecule has 0 unspecified atom stereocenters. The first-order chi connectivity index (χ1) is 14.3. The molecule has 0 spiro atoms. The summed E-state index contributed by atoms with van der Waals surface area (Å²) in [5.41, 5.74) is 5.58. The summed E-state index contributed by atoms with van der Waals surface area (Å²) in [6, 6.07) is 12.0. The number of nitrogens with two attached hydrogens (primary N) is 1. The van der Waals surface area contributed by atoms with Gasteiger partial charge in [0.15, 0.2) is 6.61 Å². The van der Waals surface area contributed by atoms with Gasteiger partial charge >= 0.3 is 0 Å². The maximum atomic E-state index is 13.6. The molecule has 0 aromatic heterocycles. The molecule has 154 valence electrons. The van der Waals surface area contributed by atoms with Crippen molar-refractivity contribution in [3.8, 4) is 5.75 Å². The molecule has 2 aromatic rings. The van der Waals surface area contributed by atoms with Gasteiger partial charge < -0.3 is 15.8 Å². The van der Waals surface area contributed by atoms with Crippen LogP contribution in [0.5, 0.6) is 5.75 Å². The highest BCUT2D eigenvalue weighted by Gasteiger charge is 2.36. The van der Waals surface area contributed by atoms with E-state index >= 15 is 0 Å². The lowest BCUT2D eigenvalue weighted by molar-refractivity contribution is -0.127. The number of carbonyl (C=O) groups is 4. The lowest BCUT2D eigenvalue weighted by atomic mass is 10.2. The monoisotopic (exact) mass is 429 g/mol. The fourth-order valence-electron chi connectivity index (χ4n) is 2.50. The molecule has 3 rings (SSSR count). The van der Waals surface area contributed by atoms with Crippen LogP contribution < -0.4 is 15.8 Å². The van der Waals surface area contributed by atoms with Crippen molar-refractivity contribution < 1.29 is 28.3 Å². The second-order valence-electron chi connectivity index (χ2n) is 6.12. The Labute approximate surface area is 174 Å². The molecule has 0 aliphatic carbocycles. The molecule has 2 aromatic carbocycles. The summed E-state index contributed by atoms with van der Waals surface area (Å²) in [6.45, 7) is -0.788. The third kappa shape index (κ3) is 5.23. The van der Waals surface area contributed by atoms with Gasteiger partial charge in [0.25, 0.3) is 17.1 Å². The number of hydrogen-bond acceptors (Lipinski definition) is 6. The molecule has 3 N–H and O–H groups in total. The number of rotatable bonds is 7. The van der Waals surface area contributed by atoms with Crippen molar-refractivity contribution in [1.82, 2.24) is 4.90 Å². The molecule has 1 heterocycles. The van der Waals surface area contributed by atoms with E-state index in [1.807, 2.05) is 0 Å². The lowest BCUT2D eigenvalue weighted by Crippen LogP contribution is -2.36. The summed E-state index contributed by atoms with van der Waals surface area (Å²) in [5, 5.41) is 1.73. The Morgan fingerprint density at radius 1 is 1.13 bits per heavy atom. The normalized spacial score (nSPS) is 14.8. The SMILES string of the molecule is NC(=O)COc1ccc(/C=C2\SC(=O)N(CC(=O)Nc3ccccc3F)C2=O)cc1. The molecular weight excluding hydrogens is 413 g/mol. The van der Waals surface area contributed by atoms with Gasteiger partial charge in [0.2, 0.25) is 5.91 Å². The average molecular weight is 429 g/mol. The zero-order chi connectivity index (χ0) is 21.7. The van der Waals surface area contributed by atoms with Crippen LogP contribution in [0.25, 0.3) is 6.08 Å². The fourth-order valence-corrected chi connectivity index (χ4v) is 3.34. The average Bonchev–Trinajstić information content (AvgIpc) is 2.96. The summed E-state index contributed by atoms with van der Waals surface area (Å²) in [7, 11) is 0. The number of hydrogen-bond donors (Lipinski definition) is 2. The van der Waals surface area contributed by atoms with E-state index in [1.165, 1.54) is 24.3 Å². The minimum absolute atomic E-state index is 0.0383. The van der Waals surface area contributed by atoms with Gasteiger partial charge in [0, 0.05) is 0 Å². The zero-order valence-electron chi connectivity index (χ0n) is 15.5. The minimum Gasteiger partial charge on any atom is -0.484 e. The molecule has 10 heteroatoms. The van der Waals surface area contributed by atoms with Crippen molar-refractivity contribution >= 4 is 46.5 Å². The third-order valence-electron chi connectivity index (χ3n) is 3.88. The maximum Gasteiger partial charge on any atom is 0.294 e. The molecule has 4 amide bonds. The van der Waals surface area contributed by atoms with Gasteiger partial charge in [-0.1, -0.05) is 24.3 Å². The number of anilines is 1. The standard InChI is InChI=1S/C20H16FN3O5S/c21-14-3-1-2-4-15(14)23-18(26)10-24-19(27)16(30-20(24)28)9-12-5-7-13(8-6-12)29-11-17(22)25/h1-9H,10-11H2,(H2,22,25)(H,23,26)/b16-9-. The van der Waals surface area contributed by atoms with Crippen LogP contribution in [0.2, 0.25) is 0 Å². The summed E-state index contributed by atoms with van der Waals surface area (Å²) in [4.78, 5) is 48.4. The first-order valence-corrected chi connectivity index (χ1v) is 9.46. The second kappa shape index (κ2) is 9.23. The van der Waals surface area contributed by atoms with E-state index in [-0.39, 0.29) is 17.2 Å². The summed E-state index contributed by atoms with van der Waals surface area (Å²) in [5.74, 6) is -2.12. The number of nitrogens with one attached hydrogen (secondary N) is 1. The highest BCUT2D eigenvalue weighted by Crippen LogP contribution is 2.32. The lowest BCUT2D eigenvalue weighted by Gasteiger charge is -2.12. The van der Waals surface area contributed by atoms with Crippen molar-refractivity contribution in [2.45, 2.75) is 0 Å². The van der Waals surface area contributed by atoms with Gasteiger partial charge in [-0.05, 0) is 47.7 Å². The Morgan fingerprint density at radius 2 is 1.83 bits per heavy atom. The van der Waals surface area contributed by atoms with Crippen LogP contribution in [0.15, 0.2) is 53.4 Å². The Morgan fingerprint density at radius 3 is 2.50 bits per heavy atom. The first kappa shape index (κ1) is 21.1. The van der Waals surface area contributed by atoms with Crippen molar-refractivity contribution in [3.63, 3.8) is 0 Å². The number of amides is 4. The van der Waals surface area contributed by atoms with Crippen molar-refractivity contribution in [2.75, 3.05) is 18.5 Å². The van der Waals surface area contributed by atoms with Gasteiger partial charge in [-0.3, -0.25) is 24.1 Å². The number of ether oxygens (including phenoxy) is 1. The maximum absolute atomic E-state index is 13.6. The van der Waals surface area contributed by atoms with E-state index in [9.17, 15) is 23.6 Å². The third-order valence-corrected chi connectivity index (χ3v) is 4.79. The van der Waals surface area contributed by atoms with Gasteiger partial charge in [-0.2, -0.15) is 0 Å². The quantitative estimate of drug-likeness (QED) is 0.653. The predicted octanol–water partition coefficient (Wildman–Crippen LogP) is 2.36. The predicted molar refractivity (Wildman–Crippen MR) is 109 cm³/mol. The molecule has 30 heavy (non-hydrogen) atoms. The Hall–Kier alpha value is -3.66. The van der Waals surface area contributed by atoms with Gasteiger partial charge in [0.05, 0.1) is 10.6 Å².